The monoisotopic (exact) mass is 574 g/mol. The second-order valence-corrected chi connectivity index (χ2v) is 14.0. The van der Waals surface area contributed by atoms with Gasteiger partial charge in [-0.1, -0.05) is 31.6 Å². The Kier molecular flexibility index (Phi) is 5.73. The smallest absolute Gasteiger partial charge is 0.310 e. The molecule has 2 aromatic carbocycles. The molecule has 14 heteroatoms. The number of fused-ring (bicyclic) bond motifs is 1. The second-order valence-electron chi connectivity index (χ2n) is 9.36. The van der Waals surface area contributed by atoms with Crippen LogP contribution < -0.4 is 10.9 Å². The van der Waals surface area contributed by atoms with E-state index >= 15 is 0 Å². The van der Waals surface area contributed by atoms with Crippen molar-refractivity contribution in [2.45, 2.75) is 46.8 Å². The van der Waals surface area contributed by atoms with Gasteiger partial charge < -0.3 is 10.3 Å². The molecule has 1 saturated carbocycles. The molecule has 7 nitrogen and oxygen atoms in total. The molecule has 0 atom stereocenters. The predicted octanol–water partition coefficient (Wildman–Crippen LogP) is 6.54. The van der Waals surface area contributed by atoms with Gasteiger partial charge in [-0.25, -0.2) is 12.9 Å². The van der Waals surface area contributed by atoms with Crippen LogP contribution in [0.1, 0.15) is 25.7 Å². The van der Waals surface area contributed by atoms with Crippen LogP contribution in [0.2, 0.25) is 0 Å². The maximum Gasteiger partial charge on any atom is 0.310 e. The van der Waals surface area contributed by atoms with Gasteiger partial charge >= 0.3 is 10.2 Å². The second kappa shape index (κ2) is 8.30. The van der Waals surface area contributed by atoms with Gasteiger partial charge in [-0.15, -0.1) is 0 Å². The molecule has 38 heavy (non-hydrogen) atoms. The van der Waals surface area contributed by atoms with Gasteiger partial charge in [-0.05, 0) is 73.7 Å². The van der Waals surface area contributed by atoms with Crippen LogP contribution in [-0.4, -0.2) is 34.3 Å². The Bertz CT molecular complexity index is 1660. The lowest BCUT2D eigenvalue weighted by molar-refractivity contribution is 0.364. The number of anilines is 1. The molecular weight excluding hydrogens is 551 g/mol. The highest BCUT2D eigenvalue weighted by Gasteiger charge is 2.65. The fraction of sp³-hybridized carbons (Fsp3) is 0.250. The average molecular weight is 575 g/mol. The Morgan fingerprint density at radius 2 is 1.53 bits per heavy atom. The van der Waals surface area contributed by atoms with Crippen LogP contribution in [0, 0.1) is 0 Å². The first-order valence-corrected chi connectivity index (χ1v) is 15.1. The van der Waals surface area contributed by atoms with E-state index in [9.17, 15) is 32.6 Å². The largest absolute Gasteiger partial charge is 0.382 e. The Balaban J connectivity index is 1.23. The Hall–Kier alpha value is -3.39. The van der Waals surface area contributed by atoms with E-state index in [2.05, 4.69) is 15.4 Å². The summed E-state index contributed by atoms with van der Waals surface area (Å²) in [5.41, 5.74) is 1.75. The van der Waals surface area contributed by atoms with Gasteiger partial charge in [0.15, 0.2) is 9.84 Å². The molecule has 1 fully saturated rings. The molecule has 0 amide bonds. The lowest BCUT2D eigenvalue weighted by atomic mass is 9.95. The number of rotatable bonds is 6. The molecular formula is C24H23F5N4O3S2. The molecule has 0 radical (unpaired) electrons. The maximum atomic E-state index is 13.2. The van der Waals surface area contributed by atoms with Crippen molar-refractivity contribution in [3.8, 4) is 11.1 Å². The van der Waals surface area contributed by atoms with E-state index in [0.717, 1.165) is 17.7 Å². The normalized spacial score (nSPS) is 20.6. The van der Waals surface area contributed by atoms with Gasteiger partial charge in [0.2, 0.25) is 0 Å². The first-order valence-electron chi connectivity index (χ1n) is 11.6. The molecule has 1 aliphatic rings. The van der Waals surface area contributed by atoms with Crippen molar-refractivity contribution < 1.29 is 27.8 Å². The zero-order valence-corrected chi connectivity index (χ0v) is 21.3. The molecule has 0 spiro atoms. The molecule has 204 valence electrons. The van der Waals surface area contributed by atoms with Crippen molar-refractivity contribution in [3.05, 3.63) is 77.5 Å². The predicted molar refractivity (Wildman–Crippen MR) is 136 cm³/mol. The number of aromatic nitrogens is 3. The molecule has 0 bridgehead atoms. The third-order valence-corrected chi connectivity index (χ3v) is 10.2. The summed E-state index contributed by atoms with van der Waals surface area (Å²) in [4.78, 5) is 12.6. The zero-order chi connectivity index (χ0) is 27.4. The quantitative estimate of drug-likeness (QED) is 0.255. The molecule has 4 aromatic rings. The van der Waals surface area contributed by atoms with E-state index in [4.69, 9.17) is 0 Å². The zero-order valence-electron chi connectivity index (χ0n) is 19.7. The average Bonchev–Trinajstić information content (AvgIpc) is 3.29. The molecule has 2 N–H and O–H groups in total. The minimum absolute atomic E-state index is 0.170. The van der Waals surface area contributed by atoms with Gasteiger partial charge in [0.05, 0.1) is 10.1 Å². The molecule has 0 saturated heterocycles. The number of aromatic amines is 1. The van der Waals surface area contributed by atoms with Gasteiger partial charge in [0.1, 0.15) is 16.7 Å². The summed E-state index contributed by atoms with van der Waals surface area (Å²) in [7, 11) is -13.4. The summed E-state index contributed by atoms with van der Waals surface area (Å²) in [6.45, 7) is 0. The van der Waals surface area contributed by atoms with Gasteiger partial charge in [-0.3, -0.25) is 4.79 Å². The molecule has 2 aromatic heterocycles. The van der Waals surface area contributed by atoms with Crippen molar-refractivity contribution in [2.24, 2.45) is 0 Å². The minimum atomic E-state index is -9.73. The highest BCUT2D eigenvalue weighted by atomic mass is 32.5. The third-order valence-electron chi connectivity index (χ3n) is 6.71. The third kappa shape index (κ3) is 5.27. The maximum absolute atomic E-state index is 13.2. The van der Waals surface area contributed by atoms with Crippen LogP contribution in [0.3, 0.4) is 0 Å². The van der Waals surface area contributed by atoms with Crippen LogP contribution in [0.15, 0.2) is 81.7 Å². The number of nitrogens with one attached hydrogen (secondary N) is 2. The van der Waals surface area contributed by atoms with Crippen molar-refractivity contribution in [3.63, 3.8) is 0 Å². The number of benzene rings is 2. The summed E-state index contributed by atoms with van der Waals surface area (Å²) in [6, 6.07) is 10.5. The van der Waals surface area contributed by atoms with Crippen LogP contribution in [0.5, 0.6) is 0 Å². The van der Waals surface area contributed by atoms with E-state index in [1.807, 2.05) is 0 Å². The number of nitrogens with zero attached hydrogens (tertiary/aromatic N) is 2. The van der Waals surface area contributed by atoms with E-state index < -0.39 is 30.2 Å². The summed E-state index contributed by atoms with van der Waals surface area (Å²) in [5.74, 6) is 0. The van der Waals surface area contributed by atoms with Gasteiger partial charge in [-0.2, -0.15) is 5.10 Å². The molecule has 1 aliphatic carbocycles. The van der Waals surface area contributed by atoms with E-state index in [0.29, 0.717) is 48.9 Å². The van der Waals surface area contributed by atoms with Crippen molar-refractivity contribution in [1.29, 1.82) is 0 Å². The molecule has 0 unspecified atom stereocenters. The van der Waals surface area contributed by atoms with Crippen LogP contribution >= 0.6 is 10.2 Å². The van der Waals surface area contributed by atoms with Crippen molar-refractivity contribution in [2.75, 3.05) is 5.32 Å². The summed E-state index contributed by atoms with van der Waals surface area (Å²) in [5, 5.41) is 6.43. The fourth-order valence-corrected chi connectivity index (χ4v) is 7.13. The van der Waals surface area contributed by atoms with Crippen LogP contribution in [-0.2, 0) is 9.84 Å². The Labute approximate surface area is 214 Å². The van der Waals surface area contributed by atoms with Crippen molar-refractivity contribution >= 4 is 31.3 Å². The van der Waals surface area contributed by atoms with E-state index in [-0.39, 0.29) is 22.2 Å². The Morgan fingerprint density at radius 3 is 2.11 bits per heavy atom. The number of hydrogen-bond donors (Lipinski definition) is 2. The van der Waals surface area contributed by atoms with E-state index in [1.54, 1.807) is 24.4 Å². The topological polar surface area (TPSA) is 96.3 Å². The van der Waals surface area contributed by atoms with Crippen molar-refractivity contribution in [1.82, 2.24) is 14.6 Å². The van der Waals surface area contributed by atoms with Crippen LogP contribution in [0.25, 0.3) is 16.6 Å². The number of halogens is 5. The first-order chi connectivity index (χ1) is 17.6. The summed E-state index contributed by atoms with van der Waals surface area (Å²) in [6.07, 6.45) is 4.53. The number of H-pyrrole nitrogens is 1. The van der Waals surface area contributed by atoms with Crippen LogP contribution in [0.4, 0.5) is 25.1 Å². The first kappa shape index (κ1) is 26.2. The molecule has 2 heterocycles. The highest BCUT2D eigenvalue weighted by molar-refractivity contribution is 8.45. The molecule has 5 rings (SSSR count). The van der Waals surface area contributed by atoms with E-state index in [1.165, 1.54) is 23.0 Å². The number of sulfone groups is 1. The van der Waals surface area contributed by atoms with Gasteiger partial charge in [0, 0.05) is 23.5 Å². The SMILES string of the molecule is O=c1[nH]cnn2cc(-c3ccc(S(=O)(=O)C4CCC(Nc5ccc(S(F)(F)(F)(F)F)cc5)CC4)cc3)cc12. The summed E-state index contributed by atoms with van der Waals surface area (Å²) >= 11 is 0. The highest BCUT2D eigenvalue weighted by Crippen LogP contribution is 3.02. The Morgan fingerprint density at radius 1 is 0.895 bits per heavy atom. The minimum Gasteiger partial charge on any atom is -0.382 e. The fourth-order valence-electron chi connectivity index (χ4n) is 4.69. The lowest BCUT2D eigenvalue weighted by Crippen LogP contribution is -2.32. The molecule has 0 aliphatic heterocycles. The summed E-state index contributed by atoms with van der Waals surface area (Å²) < 4.78 is 92.4. The standard InChI is InChI=1S/C24H23F5N4O3S2/c25-38(26,27,28,29)22-11-5-19(6-12-22)32-18-3-9-21(10-4-18)37(35,36)20-7-1-16(2-8-20)17-13-23-24(34)30-15-31-33(23)14-17/h1-2,5-8,11-15,18,21,32H,3-4,9-10H2,(H,30,31,34). The van der Waals surface area contributed by atoms with Gasteiger partial charge in [0.25, 0.3) is 5.56 Å². The number of hydrogen-bond acceptors (Lipinski definition) is 5. The lowest BCUT2D eigenvalue weighted by Gasteiger charge is -2.40.